The Bertz CT molecular complexity index is 529. The third-order valence-electron chi connectivity index (χ3n) is 5.38. The number of anilines is 2. The third kappa shape index (κ3) is 6.60. The topological polar surface area (TPSA) is 57.3 Å². The van der Waals surface area contributed by atoms with Crippen LogP contribution in [0.15, 0.2) is 18.3 Å². The predicted molar refractivity (Wildman–Crippen MR) is 113 cm³/mol. The minimum atomic E-state index is 0. The van der Waals surface area contributed by atoms with Gasteiger partial charge in [-0.3, -0.25) is 4.79 Å². The number of pyridine rings is 1. The predicted octanol–water partition coefficient (Wildman–Crippen LogP) is 3.88. The Morgan fingerprint density at radius 1 is 1.27 bits per heavy atom. The Labute approximate surface area is 169 Å². The minimum absolute atomic E-state index is 0. The standard InChI is InChI=1S/C19H30N4O.2ClH/c1-15(16-6-5-9-20-13-16)12-19(24)22-18-8-7-17(14-21-18)23-10-3-2-4-11-23;;/h7-8,14-16,20H,2-6,9-13H2,1H3,(H,21,22,24);2*1H. The summed E-state index contributed by atoms with van der Waals surface area (Å²) in [7, 11) is 0. The summed E-state index contributed by atoms with van der Waals surface area (Å²) in [6, 6.07) is 4.00. The van der Waals surface area contributed by atoms with Crippen LogP contribution in [0.1, 0.15) is 45.4 Å². The molecule has 0 aromatic carbocycles. The van der Waals surface area contributed by atoms with Crippen molar-refractivity contribution in [3.63, 3.8) is 0 Å². The molecule has 3 rings (SSSR count). The Morgan fingerprint density at radius 2 is 2.04 bits per heavy atom. The van der Waals surface area contributed by atoms with E-state index in [1.54, 1.807) is 0 Å². The SMILES string of the molecule is CC(CC(=O)Nc1ccc(N2CCCCC2)cn1)C1CCCNC1.Cl.Cl. The molecule has 1 amide bonds. The van der Waals surface area contributed by atoms with Gasteiger partial charge in [0.05, 0.1) is 11.9 Å². The first kappa shape index (κ1) is 23.0. The van der Waals surface area contributed by atoms with Crippen LogP contribution in [0.4, 0.5) is 11.5 Å². The number of carbonyl (C=O) groups excluding carboxylic acids is 1. The first-order valence-electron chi connectivity index (χ1n) is 9.44. The monoisotopic (exact) mass is 402 g/mol. The fraction of sp³-hybridized carbons (Fsp3) is 0.684. The van der Waals surface area contributed by atoms with E-state index in [4.69, 9.17) is 0 Å². The molecule has 2 fully saturated rings. The number of piperidine rings is 2. The van der Waals surface area contributed by atoms with Crippen LogP contribution in [0.25, 0.3) is 0 Å². The van der Waals surface area contributed by atoms with Crippen LogP contribution in [0.3, 0.4) is 0 Å². The molecule has 1 aromatic heterocycles. The molecule has 2 aliphatic heterocycles. The molecule has 0 radical (unpaired) electrons. The van der Waals surface area contributed by atoms with Crippen LogP contribution in [0.2, 0.25) is 0 Å². The maximum Gasteiger partial charge on any atom is 0.225 e. The molecule has 3 heterocycles. The highest BCUT2D eigenvalue weighted by atomic mass is 35.5. The zero-order valence-corrected chi connectivity index (χ0v) is 17.2. The van der Waals surface area contributed by atoms with Crippen molar-refractivity contribution in [2.75, 3.05) is 36.4 Å². The number of halogens is 2. The fourth-order valence-electron chi connectivity index (χ4n) is 3.82. The highest BCUT2D eigenvalue weighted by Gasteiger charge is 2.22. The molecule has 0 bridgehead atoms. The van der Waals surface area contributed by atoms with Gasteiger partial charge in [0.1, 0.15) is 5.82 Å². The van der Waals surface area contributed by atoms with E-state index >= 15 is 0 Å². The molecule has 0 spiro atoms. The largest absolute Gasteiger partial charge is 0.370 e. The van der Waals surface area contributed by atoms with E-state index in [2.05, 4.69) is 33.5 Å². The molecule has 2 saturated heterocycles. The molecule has 2 N–H and O–H groups in total. The number of amides is 1. The maximum atomic E-state index is 12.3. The molecular weight excluding hydrogens is 371 g/mol. The summed E-state index contributed by atoms with van der Waals surface area (Å²) in [5.74, 6) is 1.75. The molecule has 2 atom stereocenters. The molecule has 0 aliphatic carbocycles. The Morgan fingerprint density at radius 3 is 2.65 bits per heavy atom. The summed E-state index contributed by atoms with van der Waals surface area (Å²) in [5.41, 5.74) is 1.16. The van der Waals surface area contributed by atoms with E-state index in [0.717, 1.165) is 31.9 Å². The van der Waals surface area contributed by atoms with Crippen molar-refractivity contribution >= 4 is 42.2 Å². The summed E-state index contributed by atoms with van der Waals surface area (Å²) >= 11 is 0. The highest BCUT2D eigenvalue weighted by molar-refractivity contribution is 5.90. The lowest BCUT2D eigenvalue weighted by Gasteiger charge is -2.28. The maximum absolute atomic E-state index is 12.3. The lowest BCUT2D eigenvalue weighted by atomic mass is 9.85. The summed E-state index contributed by atoms with van der Waals surface area (Å²) < 4.78 is 0. The minimum Gasteiger partial charge on any atom is -0.370 e. The second-order valence-electron chi connectivity index (χ2n) is 7.29. The van der Waals surface area contributed by atoms with Gasteiger partial charge < -0.3 is 15.5 Å². The summed E-state index contributed by atoms with van der Waals surface area (Å²) in [4.78, 5) is 19.1. The van der Waals surface area contributed by atoms with Gasteiger partial charge in [0.25, 0.3) is 0 Å². The highest BCUT2D eigenvalue weighted by Crippen LogP contribution is 2.23. The van der Waals surface area contributed by atoms with Crippen molar-refractivity contribution in [3.05, 3.63) is 18.3 Å². The van der Waals surface area contributed by atoms with Gasteiger partial charge in [0.15, 0.2) is 0 Å². The van der Waals surface area contributed by atoms with Gasteiger partial charge >= 0.3 is 0 Å². The van der Waals surface area contributed by atoms with Gasteiger partial charge in [-0.15, -0.1) is 24.8 Å². The molecule has 148 valence electrons. The summed E-state index contributed by atoms with van der Waals surface area (Å²) in [6.07, 6.45) is 8.74. The lowest BCUT2D eigenvalue weighted by molar-refractivity contribution is -0.117. The van der Waals surface area contributed by atoms with Crippen molar-refractivity contribution in [2.45, 2.75) is 45.4 Å². The zero-order valence-electron chi connectivity index (χ0n) is 15.6. The van der Waals surface area contributed by atoms with E-state index in [1.807, 2.05) is 12.3 Å². The molecule has 0 saturated carbocycles. The zero-order chi connectivity index (χ0) is 16.8. The van der Waals surface area contributed by atoms with Crippen LogP contribution in [0.5, 0.6) is 0 Å². The number of carbonyl (C=O) groups is 1. The van der Waals surface area contributed by atoms with E-state index < -0.39 is 0 Å². The van der Waals surface area contributed by atoms with Gasteiger partial charge in [-0.25, -0.2) is 4.98 Å². The van der Waals surface area contributed by atoms with Crippen molar-refractivity contribution in [1.29, 1.82) is 0 Å². The van der Waals surface area contributed by atoms with Crippen LogP contribution in [0, 0.1) is 11.8 Å². The van der Waals surface area contributed by atoms with E-state index in [1.165, 1.54) is 32.1 Å². The number of nitrogens with zero attached hydrogens (tertiary/aromatic N) is 2. The first-order chi connectivity index (χ1) is 11.7. The molecule has 7 heteroatoms. The first-order valence-corrected chi connectivity index (χ1v) is 9.44. The van der Waals surface area contributed by atoms with Crippen molar-refractivity contribution < 1.29 is 4.79 Å². The number of hydrogen-bond donors (Lipinski definition) is 2. The smallest absolute Gasteiger partial charge is 0.225 e. The summed E-state index contributed by atoms with van der Waals surface area (Å²) in [5, 5.41) is 6.38. The van der Waals surface area contributed by atoms with Crippen molar-refractivity contribution in [1.82, 2.24) is 10.3 Å². The third-order valence-corrected chi connectivity index (χ3v) is 5.38. The Balaban J connectivity index is 0.00000169. The average Bonchev–Trinajstić information content (AvgIpc) is 2.64. The number of rotatable bonds is 5. The normalized spacial score (nSPS) is 21.1. The van der Waals surface area contributed by atoms with Crippen LogP contribution in [-0.2, 0) is 4.79 Å². The van der Waals surface area contributed by atoms with E-state index in [-0.39, 0.29) is 30.7 Å². The fourth-order valence-corrected chi connectivity index (χ4v) is 3.82. The summed E-state index contributed by atoms with van der Waals surface area (Å²) in [6.45, 7) is 6.56. The second-order valence-corrected chi connectivity index (χ2v) is 7.29. The molecular formula is C19H32Cl2N4O. The van der Waals surface area contributed by atoms with Gasteiger partial charge in [-0.1, -0.05) is 6.92 Å². The molecule has 1 aromatic rings. The number of hydrogen-bond acceptors (Lipinski definition) is 4. The van der Waals surface area contributed by atoms with Gasteiger partial charge in [-0.05, 0) is 69.2 Å². The van der Waals surface area contributed by atoms with E-state index in [9.17, 15) is 4.79 Å². The lowest BCUT2D eigenvalue weighted by Crippen LogP contribution is -2.34. The quantitative estimate of drug-likeness (QED) is 0.784. The van der Waals surface area contributed by atoms with Gasteiger partial charge in [-0.2, -0.15) is 0 Å². The average molecular weight is 403 g/mol. The Hall–Kier alpha value is -1.04. The van der Waals surface area contributed by atoms with Gasteiger partial charge in [0, 0.05) is 19.5 Å². The Kier molecular flexibility index (Phi) is 10.3. The van der Waals surface area contributed by atoms with Gasteiger partial charge in [0.2, 0.25) is 5.91 Å². The number of nitrogens with one attached hydrogen (secondary N) is 2. The molecule has 5 nitrogen and oxygen atoms in total. The van der Waals surface area contributed by atoms with Crippen LogP contribution >= 0.6 is 24.8 Å². The number of aromatic nitrogens is 1. The van der Waals surface area contributed by atoms with Crippen molar-refractivity contribution in [3.8, 4) is 0 Å². The second kappa shape index (κ2) is 11.6. The molecule has 2 aliphatic rings. The molecule has 26 heavy (non-hydrogen) atoms. The van der Waals surface area contributed by atoms with Crippen LogP contribution < -0.4 is 15.5 Å². The van der Waals surface area contributed by atoms with Crippen LogP contribution in [-0.4, -0.2) is 37.1 Å². The molecule has 2 unspecified atom stereocenters. The van der Waals surface area contributed by atoms with E-state index in [0.29, 0.717) is 24.1 Å². The van der Waals surface area contributed by atoms with Crippen molar-refractivity contribution in [2.24, 2.45) is 11.8 Å².